The number of nitrogens with zero attached hydrogens (tertiary/aromatic N) is 1. The van der Waals surface area contributed by atoms with Gasteiger partial charge in [-0.2, -0.15) is 5.26 Å². The van der Waals surface area contributed by atoms with Gasteiger partial charge in [0, 0.05) is 23.0 Å². The molecular weight excluding hydrogens is 316 g/mol. The summed E-state index contributed by atoms with van der Waals surface area (Å²) in [5.74, 6) is -0.155. The Morgan fingerprint density at radius 2 is 2.09 bits per heavy atom. The van der Waals surface area contributed by atoms with Crippen LogP contribution in [0, 0.1) is 11.3 Å². The van der Waals surface area contributed by atoms with Crippen LogP contribution in [0.3, 0.4) is 0 Å². The number of fused-ring (bicyclic) bond motifs is 1. The number of anilines is 1. The molecule has 0 spiro atoms. The summed E-state index contributed by atoms with van der Waals surface area (Å²) in [5.41, 5.74) is 3.07. The lowest BCUT2D eigenvalue weighted by Gasteiger charge is -2.33. The SMILES string of the molecule is N#Cc1ccc2c(c1)C(c1ccccc1Cl)CC(OC(=O)O)N2. The van der Waals surface area contributed by atoms with E-state index in [1.165, 1.54) is 0 Å². The van der Waals surface area contributed by atoms with Crippen molar-refractivity contribution in [3.05, 3.63) is 64.2 Å². The van der Waals surface area contributed by atoms with Crippen LogP contribution in [-0.2, 0) is 4.74 Å². The minimum atomic E-state index is -1.34. The lowest BCUT2D eigenvalue weighted by atomic mass is 9.83. The molecule has 0 aliphatic carbocycles. The summed E-state index contributed by atoms with van der Waals surface area (Å²) < 4.78 is 4.89. The molecule has 5 nitrogen and oxygen atoms in total. The molecule has 1 aliphatic heterocycles. The van der Waals surface area contributed by atoms with Crippen LogP contribution in [0.1, 0.15) is 29.0 Å². The number of benzene rings is 2. The Morgan fingerprint density at radius 1 is 1.30 bits per heavy atom. The van der Waals surface area contributed by atoms with Gasteiger partial charge >= 0.3 is 6.16 Å². The number of rotatable bonds is 2. The van der Waals surface area contributed by atoms with Crippen molar-refractivity contribution in [1.29, 1.82) is 5.26 Å². The van der Waals surface area contributed by atoms with Crippen molar-refractivity contribution in [2.24, 2.45) is 0 Å². The minimum Gasteiger partial charge on any atom is -0.450 e. The second-order valence-corrected chi connectivity index (χ2v) is 5.65. The third-order valence-corrected chi connectivity index (χ3v) is 4.19. The molecule has 2 N–H and O–H groups in total. The zero-order chi connectivity index (χ0) is 16.4. The number of nitrogens with one attached hydrogen (secondary N) is 1. The Labute approximate surface area is 138 Å². The first-order valence-corrected chi connectivity index (χ1v) is 7.41. The number of carbonyl (C=O) groups is 1. The standard InChI is InChI=1S/C17H13ClN2O3/c18-14-4-2-1-3-11(14)12-8-16(23-17(21)22)20-15-6-5-10(9-19)7-13(12)15/h1-7,12,16,20H,8H2,(H,21,22). The molecule has 0 aromatic heterocycles. The summed E-state index contributed by atoms with van der Waals surface area (Å²) in [5, 5.41) is 21.6. The van der Waals surface area contributed by atoms with E-state index in [2.05, 4.69) is 11.4 Å². The highest BCUT2D eigenvalue weighted by molar-refractivity contribution is 6.31. The molecule has 2 aromatic carbocycles. The van der Waals surface area contributed by atoms with Crippen molar-refractivity contribution in [1.82, 2.24) is 0 Å². The highest BCUT2D eigenvalue weighted by atomic mass is 35.5. The van der Waals surface area contributed by atoms with E-state index in [9.17, 15) is 4.79 Å². The van der Waals surface area contributed by atoms with Crippen molar-refractivity contribution >= 4 is 23.4 Å². The van der Waals surface area contributed by atoms with Gasteiger partial charge in [-0.15, -0.1) is 0 Å². The zero-order valence-electron chi connectivity index (χ0n) is 12.0. The monoisotopic (exact) mass is 328 g/mol. The molecule has 2 atom stereocenters. The fourth-order valence-corrected chi connectivity index (χ4v) is 3.14. The van der Waals surface area contributed by atoms with Crippen molar-refractivity contribution in [3.8, 4) is 6.07 Å². The van der Waals surface area contributed by atoms with Crippen LogP contribution in [0.2, 0.25) is 5.02 Å². The molecule has 0 fully saturated rings. The molecule has 0 radical (unpaired) electrons. The van der Waals surface area contributed by atoms with E-state index in [0.717, 1.165) is 16.8 Å². The molecule has 23 heavy (non-hydrogen) atoms. The average molecular weight is 329 g/mol. The van der Waals surface area contributed by atoms with E-state index >= 15 is 0 Å². The summed E-state index contributed by atoms with van der Waals surface area (Å²) in [4.78, 5) is 10.9. The number of hydrogen-bond donors (Lipinski definition) is 2. The van der Waals surface area contributed by atoms with E-state index in [0.29, 0.717) is 17.0 Å². The van der Waals surface area contributed by atoms with Gasteiger partial charge in [-0.25, -0.2) is 4.79 Å². The van der Waals surface area contributed by atoms with Crippen molar-refractivity contribution < 1.29 is 14.6 Å². The van der Waals surface area contributed by atoms with Gasteiger partial charge in [0.25, 0.3) is 0 Å². The minimum absolute atomic E-state index is 0.155. The number of halogens is 1. The van der Waals surface area contributed by atoms with Crippen LogP contribution < -0.4 is 5.32 Å². The number of nitriles is 1. The third-order valence-electron chi connectivity index (χ3n) is 3.85. The smallest absolute Gasteiger partial charge is 0.450 e. The molecule has 1 heterocycles. The molecule has 6 heteroatoms. The summed E-state index contributed by atoms with van der Waals surface area (Å²) in [7, 11) is 0. The Morgan fingerprint density at radius 3 is 2.78 bits per heavy atom. The number of carboxylic acid groups (broad SMARTS) is 1. The van der Waals surface area contributed by atoms with Crippen LogP contribution in [-0.4, -0.2) is 17.5 Å². The van der Waals surface area contributed by atoms with Gasteiger partial charge < -0.3 is 15.2 Å². The summed E-state index contributed by atoms with van der Waals surface area (Å²) in [6.07, 6.45) is -1.61. The van der Waals surface area contributed by atoms with Crippen LogP contribution in [0.4, 0.5) is 10.5 Å². The summed E-state index contributed by atoms with van der Waals surface area (Å²) in [6.45, 7) is 0. The maximum absolute atomic E-state index is 10.9. The largest absolute Gasteiger partial charge is 0.507 e. The van der Waals surface area contributed by atoms with Crippen LogP contribution in [0.5, 0.6) is 0 Å². The van der Waals surface area contributed by atoms with Crippen LogP contribution >= 0.6 is 11.6 Å². The third kappa shape index (κ3) is 3.08. The Kier molecular flexibility index (Phi) is 4.09. The molecule has 0 saturated carbocycles. The van der Waals surface area contributed by atoms with Crippen LogP contribution in [0.25, 0.3) is 0 Å². The zero-order valence-corrected chi connectivity index (χ0v) is 12.7. The van der Waals surface area contributed by atoms with E-state index in [4.69, 9.17) is 26.7 Å². The van der Waals surface area contributed by atoms with E-state index < -0.39 is 12.4 Å². The quantitative estimate of drug-likeness (QED) is 0.808. The predicted octanol–water partition coefficient (Wildman–Crippen LogP) is 4.18. The second-order valence-electron chi connectivity index (χ2n) is 5.24. The maximum Gasteiger partial charge on any atom is 0.507 e. The van der Waals surface area contributed by atoms with Gasteiger partial charge in [0.1, 0.15) is 0 Å². The van der Waals surface area contributed by atoms with Gasteiger partial charge in [-0.1, -0.05) is 29.8 Å². The first kappa shape index (κ1) is 15.2. The molecule has 0 amide bonds. The Bertz CT molecular complexity index is 801. The fraction of sp³-hybridized carbons (Fsp3) is 0.176. The topological polar surface area (TPSA) is 82.3 Å². The highest BCUT2D eigenvalue weighted by Crippen LogP contribution is 2.41. The van der Waals surface area contributed by atoms with Gasteiger partial charge in [-0.05, 0) is 35.4 Å². The Hall–Kier alpha value is -2.71. The first-order valence-electron chi connectivity index (χ1n) is 7.03. The lowest BCUT2D eigenvalue weighted by Crippen LogP contribution is -2.32. The predicted molar refractivity (Wildman–Crippen MR) is 85.6 cm³/mol. The van der Waals surface area contributed by atoms with Gasteiger partial charge in [-0.3, -0.25) is 0 Å². The molecule has 1 aliphatic rings. The van der Waals surface area contributed by atoms with Gasteiger partial charge in [0.15, 0.2) is 6.23 Å². The molecule has 0 bridgehead atoms. The molecule has 2 aromatic rings. The molecule has 116 valence electrons. The normalized spacial score (nSPS) is 19.1. The number of ether oxygens (including phenoxy) is 1. The molecule has 2 unspecified atom stereocenters. The maximum atomic E-state index is 10.9. The fourth-order valence-electron chi connectivity index (χ4n) is 2.88. The van der Waals surface area contributed by atoms with Crippen molar-refractivity contribution in [2.45, 2.75) is 18.6 Å². The lowest BCUT2D eigenvalue weighted by molar-refractivity contribution is 0.0562. The molecular formula is C17H13ClN2O3. The van der Waals surface area contributed by atoms with Gasteiger partial charge in [0.05, 0.1) is 11.6 Å². The van der Waals surface area contributed by atoms with E-state index in [1.807, 2.05) is 18.2 Å². The highest BCUT2D eigenvalue weighted by Gasteiger charge is 2.31. The first-order chi connectivity index (χ1) is 11.1. The summed E-state index contributed by atoms with van der Waals surface area (Å²) in [6, 6.07) is 14.8. The average Bonchev–Trinajstić information content (AvgIpc) is 2.53. The van der Waals surface area contributed by atoms with E-state index in [1.54, 1.807) is 24.3 Å². The Balaban J connectivity index is 2.08. The van der Waals surface area contributed by atoms with Crippen LogP contribution in [0.15, 0.2) is 42.5 Å². The molecule has 0 saturated heterocycles. The van der Waals surface area contributed by atoms with Crippen molar-refractivity contribution in [3.63, 3.8) is 0 Å². The van der Waals surface area contributed by atoms with E-state index in [-0.39, 0.29) is 5.92 Å². The summed E-state index contributed by atoms with van der Waals surface area (Å²) >= 11 is 6.31. The molecule has 3 rings (SSSR count). The second kappa shape index (κ2) is 6.19. The van der Waals surface area contributed by atoms with Crippen molar-refractivity contribution in [2.75, 3.05) is 5.32 Å². The number of hydrogen-bond acceptors (Lipinski definition) is 4. The van der Waals surface area contributed by atoms with Gasteiger partial charge in [0.2, 0.25) is 0 Å².